The highest BCUT2D eigenvalue weighted by atomic mass is 35.5. The first-order chi connectivity index (χ1) is 10.6. The molecule has 0 aliphatic heterocycles. The topological polar surface area (TPSA) is 50.3 Å². The maximum absolute atomic E-state index is 6.03. The minimum atomic E-state index is 0.515. The summed E-state index contributed by atoms with van der Waals surface area (Å²) < 4.78 is 5.32. The Morgan fingerprint density at radius 3 is 2.86 bits per heavy atom. The van der Waals surface area contributed by atoms with Crippen molar-refractivity contribution in [2.24, 2.45) is 0 Å². The van der Waals surface area contributed by atoms with Gasteiger partial charge in [0.2, 0.25) is 5.95 Å². The Labute approximate surface area is 136 Å². The summed E-state index contributed by atoms with van der Waals surface area (Å²) in [6.07, 6.45) is 4.02. The Bertz CT molecular complexity index is 621. The molecule has 0 amide bonds. The molecular formula is C16H21ClN4O. The molecule has 2 rings (SSSR count). The molecule has 0 spiro atoms. The lowest BCUT2D eigenvalue weighted by Gasteiger charge is -2.18. The number of hydrogen-bond acceptors (Lipinski definition) is 5. The molecule has 0 bridgehead atoms. The zero-order valence-electron chi connectivity index (χ0n) is 13.1. The maximum atomic E-state index is 6.03. The Kier molecular flexibility index (Phi) is 5.83. The first kappa shape index (κ1) is 16.4. The van der Waals surface area contributed by atoms with Crippen LogP contribution in [0.1, 0.15) is 19.8 Å². The molecular weight excluding hydrogens is 300 g/mol. The van der Waals surface area contributed by atoms with Crippen LogP contribution in [-0.2, 0) is 0 Å². The van der Waals surface area contributed by atoms with E-state index in [-0.39, 0.29) is 0 Å². The van der Waals surface area contributed by atoms with Crippen molar-refractivity contribution >= 4 is 29.1 Å². The summed E-state index contributed by atoms with van der Waals surface area (Å²) in [6, 6.07) is 7.27. The molecule has 5 nitrogen and oxygen atoms in total. The largest absolute Gasteiger partial charge is 0.495 e. The zero-order chi connectivity index (χ0) is 15.9. The molecule has 0 aliphatic rings. The van der Waals surface area contributed by atoms with Crippen LogP contribution in [0.2, 0.25) is 5.02 Å². The van der Waals surface area contributed by atoms with Gasteiger partial charge in [-0.15, -0.1) is 0 Å². The number of benzene rings is 1. The lowest BCUT2D eigenvalue weighted by Crippen LogP contribution is -2.20. The van der Waals surface area contributed by atoms with Gasteiger partial charge in [0.15, 0.2) is 0 Å². The average Bonchev–Trinajstić information content (AvgIpc) is 2.53. The van der Waals surface area contributed by atoms with Crippen LogP contribution in [0.3, 0.4) is 0 Å². The fraction of sp³-hybridized carbons (Fsp3) is 0.375. The number of ether oxygens (including phenoxy) is 1. The molecule has 6 heteroatoms. The molecule has 0 aliphatic carbocycles. The summed E-state index contributed by atoms with van der Waals surface area (Å²) in [5, 5.41) is 3.78. The molecule has 118 valence electrons. The highest BCUT2D eigenvalue weighted by molar-refractivity contribution is 6.30. The van der Waals surface area contributed by atoms with E-state index >= 15 is 0 Å². The molecule has 0 saturated heterocycles. The second kappa shape index (κ2) is 7.84. The smallest absolute Gasteiger partial charge is 0.229 e. The van der Waals surface area contributed by atoms with Gasteiger partial charge in [0.1, 0.15) is 11.6 Å². The third-order valence-corrected chi connectivity index (χ3v) is 3.52. The van der Waals surface area contributed by atoms with Crippen LogP contribution in [0.25, 0.3) is 0 Å². The molecule has 1 aromatic heterocycles. The average molecular weight is 321 g/mol. The van der Waals surface area contributed by atoms with Crippen LogP contribution in [-0.4, -0.2) is 30.7 Å². The van der Waals surface area contributed by atoms with Crippen LogP contribution in [0.4, 0.5) is 17.5 Å². The Morgan fingerprint density at radius 1 is 1.32 bits per heavy atom. The second-order valence-electron chi connectivity index (χ2n) is 4.98. The lowest BCUT2D eigenvalue weighted by molar-refractivity contribution is 0.417. The van der Waals surface area contributed by atoms with Crippen LogP contribution in [0.15, 0.2) is 30.5 Å². The van der Waals surface area contributed by atoms with Gasteiger partial charge in [0, 0.05) is 24.8 Å². The molecule has 0 atom stereocenters. The molecule has 0 radical (unpaired) electrons. The van der Waals surface area contributed by atoms with Gasteiger partial charge in [-0.25, -0.2) is 4.98 Å². The predicted octanol–water partition coefficient (Wildman–Crippen LogP) is 4.12. The summed E-state index contributed by atoms with van der Waals surface area (Å²) in [4.78, 5) is 10.9. The number of hydrogen-bond donors (Lipinski definition) is 1. The monoisotopic (exact) mass is 320 g/mol. The number of anilines is 3. The van der Waals surface area contributed by atoms with Gasteiger partial charge in [0.05, 0.1) is 12.8 Å². The van der Waals surface area contributed by atoms with E-state index < -0.39 is 0 Å². The fourth-order valence-electron chi connectivity index (χ4n) is 2.03. The van der Waals surface area contributed by atoms with Gasteiger partial charge >= 0.3 is 0 Å². The molecule has 0 fully saturated rings. The van der Waals surface area contributed by atoms with E-state index in [4.69, 9.17) is 16.3 Å². The first-order valence-corrected chi connectivity index (χ1v) is 7.66. The van der Waals surface area contributed by atoms with E-state index in [2.05, 4.69) is 27.1 Å². The normalized spacial score (nSPS) is 10.4. The summed E-state index contributed by atoms with van der Waals surface area (Å²) in [5.74, 6) is 2.09. The van der Waals surface area contributed by atoms with Gasteiger partial charge in [-0.2, -0.15) is 4.98 Å². The number of methoxy groups -OCH3 is 1. The van der Waals surface area contributed by atoms with Gasteiger partial charge in [-0.05, 0) is 30.7 Å². The quantitative estimate of drug-likeness (QED) is 0.831. The van der Waals surface area contributed by atoms with Gasteiger partial charge < -0.3 is 15.0 Å². The summed E-state index contributed by atoms with van der Waals surface area (Å²) in [5.41, 5.74) is 0.739. The number of aromatic nitrogens is 2. The van der Waals surface area contributed by atoms with E-state index in [0.29, 0.717) is 16.7 Å². The van der Waals surface area contributed by atoms with E-state index in [1.165, 1.54) is 0 Å². The van der Waals surface area contributed by atoms with E-state index in [9.17, 15) is 0 Å². The zero-order valence-corrected chi connectivity index (χ0v) is 13.9. The van der Waals surface area contributed by atoms with Crippen molar-refractivity contribution < 1.29 is 4.74 Å². The number of halogens is 1. The number of nitrogens with one attached hydrogen (secondary N) is 1. The van der Waals surface area contributed by atoms with Crippen molar-refractivity contribution in [3.63, 3.8) is 0 Å². The summed E-state index contributed by atoms with van der Waals surface area (Å²) in [6.45, 7) is 3.14. The van der Waals surface area contributed by atoms with Crippen LogP contribution in [0, 0.1) is 0 Å². The van der Waals surface area contributed by atoms with Crippen molar-refractivity contribution in [1.82, 2.24) is 9.97 Å². The molecule has 1 heterocycles. The SMILES string of the molecule is CCCCN(C)c1ccnc(Nc2cc(Cl)ccc2OC)n1. The molecule has 2 aromatic rings. The molecule has 0 saturated carbocycles. The summed E-state index contributed by atoms with van der Waals surface area (Å²) >= 11 is 6.03. The van der Waals surface area contributed by atoms with E-state index in [0.717, 1.165) is 30.9 Å². The number of nitrogens with zero attached hydrogens (tertiary/aromatic N) is 3. The van der Waals surface area contributed by atoms with Crippen molar-refractivity contribution in [3.8, 4) is 5.75 Å². The second-order valence-corrected chi connectivity index (χ2v) is 5.42. The number of rotatable bonds is 7. The lowest BCUT2D eigenvalue weighted by atomic mass is 10.3. The first-order valence-electron chi connectivity index (χ1n) is 7.28. The van der Waals surface area contributed by atoms with E-state index in [1.807, 2.05) is 19.2 Å². The number of unbranched alkanes of at least 4 members (excludes halogenated alkanes) is 1. The van der Waals surface area contributed by atoms with Gasteiger partial charge in [-0.1, -0.05) is 24.9 Å². The third-order valence-electron chi connectivity index (χ3n) is 3.29. The summed E-state index contributed by atoms with van der Waals surface area (Å²) in [7, 11) is 3.64. The van der Waals surface area contributed by atoms with Crippen LogP contribution < -0.4 is 15.0 Å². The van der Waals surface area contributed by atoms with Crippen molar-refractivity contribution in [1.29, 1.82) is 0 Å². The highest BCUT2D eigenvalue weighted by Crippen LogP contribution is 2.29. The fourth-order valence-corrected chi connectivity index (χ4v) is 2.20. The van der Waals surface area contributed by atoms with Crippen molar-refractivity contribution in [2.75, 3.05) is 30.9 Å². The maximum Gasteiger partial charge on any atom is 0.229 e. The minimum Gasteiger partial charge on any atom is -0.495 e. The molecule has 1 aromatic carbocycles. The highest BCUT2D eigenvalue weighted by Gasteiger charge is 2.08. The standard InChI is InChI=1S/C16H21ClN4O/c1-4-5-10-21(2)15-8-9-18-16(20-15)19-13-11-12(17)6-7-14(13)22-3/h6-9,11H,4-5,10H2,1-3H3,(H,18,19,20). The van der Waals surface area contributed by atoms with Crippen LogP contribution in [0.5, 0.6) is 5.75 Å². The van der Waals surface area contributed by atoms with Crippen molar-refractivity contribution in [2.45, 2.75) is 19.8 Å². The van der Waals surface area contributed by atoms with E-state index in [1.54, 1.807) is 25.4 Å². The predicted molar refractivity (Wildman–Crippen MR) is 91.5 cm³/mol. The minimum absolute atomic E-state index is 0.515. The third kappa shape index (κ3) is 4.24. The van der Waals surface area contributed by atoms with Gasteiger partial charge in [0.25, 0.3) is 0 Å². The molecule has 1 N–H and O–H groups in total. The Hall–Kier alpha value is -2.01. The molecule has 22 heavy (non-hydrogen) atoms. The Balaban J connectivity index is 2.18. The van der Waals surface area contributed by atoms with Crippen molar-refractivity contribution in [3.05, 3.63) is 35.5 Å². The molecule has 0 unspecified atom stereocenters. The van der Waals surface area contributed by atoms with Crippen LogP contribution >= 0.6 is 11.6 Å². The van der Waals surface area contributed by atoms with Gasteiger partial charge in [-0.3, -0.25) is 0 Å². The Morgan fingerprint density at radius 2 is 2.14 bits per heavy atom.